The van der Waals surface area contributed by atoms with E-state index < -0.39 is 16.6 Å². The van der Waals surface area contributed by atoms with Gasteiger partial charge in [0.15, 0.2) is 16.6 Å². The van der Waals surface area contributed by atoms with Crippen molar-refractivity contribution in [2.24, 2.45) is 29.6 Å². The minimum absolute atomic E-state index is 0.0196. The first-order valence-corrected chi connectivity index (χ1v) is 23.7. The topological polar surface area (TPSA) is 61.8 Å². The van der Waals surface area contributed by atoms with Gasteiger partial charge in [-0.3, -0.25) is 9.59 Å². The summed E-state index contributed by atoms with van der Waals surface area (Å²) >= 11 is 0. The van der Waals surface area contributed by atoms with Crippen LogP contribution in [0.3, 0.4) is 0 Å². The van der Waals surface area contributed by atoms with Gasteiger partial charge >= 0.3 is 5.97 Å². The Labute approximate surface area is 279 Å². The summed E-state index contributed by atoms with van der Waals surface area (Å²) in [5.74, 6) is 7.50. The molecule has 5 nitrogen and oxygen atoms in total. The van der Waals surface area contributed by atoms with Crippen LogP contribution in [0.15, 0.2) is 12.2 Å². The molecule has 0 aromatic heterocycles. The van der Waals surface area contributed by atoms with E-state index in [0.29, 0.717) is 18.8 Å². The van der Waals surface area contributed by atoms with Crippen molar-refractivity contribution in [3.8, 4) is 11.8 Å². The zero-order valence-corrected chi connectivity index (χ0v) is 33.3. The van der Waals surface area contributed by atoms with Crippen LogP contribution in [0.4, 0.5) is 0 Å². The molecule has 2 unspecified atom stereocenters. The lowest BCUT2D eigenvalue weighted by Gasteiger charge is -2.40. The van der Waals surface area contributed by atoms with Gasteiger partial charge in [-0.2, -0.15) is 0 Å². The average molecular weight is 661 g/mol. The summed E-state index contributed by atoms with van der Waals surface area (Å²) in [5, 5.41) is 0.176. The first-order chi connectivity index (χ1) is 20.7. The number of carbonyl (C=O) groups is 2. The smallest absolute Gasteiger partial charge is 0.308 e. The van der Waals surface area contributed by atoms with E-state index in [2.05, 4.69) is 106 Å². The molecule has 45 heavy (non-hydrogen) atoms. The van der Waals surface area contributed by atoms with Crippen molar-refractivity contribution in [1.82, 2.24) is 0 Å². The predicted molar refractivity (Wildman–Crippen MR) is 193 cm³/mol. The quantitative estimate of drug-likeness (QED) is 0.0852. The van der Waals surface area contributed by atoms with Crippen molar-refractivity contribution < 1.29 is 23.2 Å². The third kappa shape index (κ3) is 11.8. The van der Waals surface area contributed by atoms with Gasteiger partial charge in [-0.15, -0.1) is 5.92 Å². The third-order valence-electron chi connectivity index (χ3n) is 11.3. The Morgan fingerprint density at radius 2 is 1.69 bits per heavy atom. The van der Waals surface area contributed by atoms with Crippen LogP contribution >= 0.6 is 0 Å². The van der Waals surface area contributed by atoms with E-state index in [4.69, 9.17) is 13.6 Å². The standard InChI is InChI=1S/C38H68O5Si2/c1-14-15-18-28(2)25-31(42-44(10,11)37(3,4)5)23-24-33-32(34(39)27-35(33)43-45(12,13)38(6,7)8)22-17-20-29-19-16-21-30(26-29)36(40)41-9/h23-24,28-33,35H,14-16,18-19,21-22,25-27H2,1-13H3/b24-23+/t28-,29?,30?,31+,32+,33+,35+/m0/s1. The van der Waals surface area contributed by atoms with E-state index in [-0.39, 0.29) is 57.7 Å². The Bertz CT molecular complexity index is 1050. The fourth-order valence-corrected chi connectivity index (χ4v) is 8.83. The van der Waals surface area contributed by atoms with Crippen molar-refractivity contribution in [3.63, 3.8) is 0 Å². The number of Topliss-reactive ketones (excluding diaryl/α,β-unsaturated/α-hetero) is 1. The molecule has 2 aliphatic carbocycles. The molecule has 0 spiro atoms. The van der Waals surface area contributed by atoms with Gasteiger partial charge in [-0.05, 0) is 67.9 Å². The Kier molecular flexibility index (Phi) is 14.9. The second-order valence-electron chi connectivity index (χ2n) is 17.2. The van der Waals surface area contributed by atoms with Crippen LogP contribution in [0.1, 0.15) is 120 Å². The number of carbonyl (C=O) groups excluding carboxylic acids is 2. The minimum Gasteiger partial charge on any atom is -0.469 e. The van der Waals surface area contributed by atoms with Gasteiger partial charge in [0.1, 0.15) is 5.78 Å². The van der Waals surface area contributed by atoms with E-state index in [0.717, 1.165) is 32.1 Å². The molecule has 0 bridgehead atoms. The molecule has 0 heterocycles. The molecule has 2 fully saturated rings. The zero-order chi connectivity index (χ0) is 34.2. The second-order valence-corrected chi connectivity index (χ2v) is 26.7. The van der Waals surface area contributed by atoms with Crippen LogP contribution < -0.4 is 0 Å². The van der Waals surface area contributed by atoms with Crippen molar-refractivity contribution in [1.29, 1.82) is 0 Å². The van der Waals surface area contributed by atoms with Gasteiger partial charge < -0.3 is 13.6 Å². The highest BCUT2D eigenvalue weighted by atomic mass is 28.4. The molecule has 2 saturated carbocycles. The van der Waals surface area contributed by atoms with Gasteiger partial charge in [0.05, 0.1) is 25.2 Å². The highest BCUT2D eigenvalue weighted by Gasteiger charge is 2.47. The Morgan fingerprint density at radius 1 is 1.04 bits per heavy atom. The van der Waals surface area contributed by atoms with Crippen molar-refractivity contribution in [3.05, 3.63) is 12.2 Å². The van der Waals surface area contributed by atoms with E-state index in [9.17, 15) is 9.59 Å². The largest absolute Gasteiger partial charge is 0.469 e. The third-order valence-corrected chi connectivity index (χ3v) is 20.3. The highest BCUT2D eigenvalue weighted by Crippen LogP contribution is 2.43. The van der Waals surface area contributed by atoms with Crippen molar-refractivity contribution >= 4 is 28.4 Å². The molecule has 258 valence electrons. The van der Waals surface area contributed by atoms with Gasteiger partial charge in [0.2, 0.25) is 0 Å². The number of esters is 1. The summed E-state index contributed by atoms with van der Waals surface area (Å²) in [6.07, 6.45) is 13.7. The van der Waals surface area contributed by atoms with Crippen molar-refractivity contribution in [2.75, 3.05) is 7.11 Å². The fraction of sp³-hybridized carbons (Fsp3) is 0.842. The molecule has 0 amide bonds. The summed E-state index contributed by atoms with van der Waals surface area (Å²) in [5.41, 5.74) is 0. The van der Waals surface area contributed by atoms with Crippen LogP contribution in [0, 0.1) is 41.4 Å². The summed E-state index contributed by atoms with van der Waals surface area (Å²) in [6, 6.07) is 0. The monoisotopic (exact) mass is 660 g/mol. The molecule has 7 atom stereocenters. The molecular formula is C38H68O5Si2. The molecule has 7 heteroatoms. The molecule has 0 aromatic rings. The number of ketones is 1. The van der Waals surface area contributed by atoms with E-state index in [1.807, 2.05) is 0 Å². The number of hydrogen-bond acceptors (Lipinski definition) is 5. The summed E-state index contributed by atoms with van der Waals surface area (Å²) < 4.78 is 19.0. The molecule has 0 aliphatic heterocycles. The van der Waals surface area contributed by atoms with E-state index >= 15 is 0 Å². The van der Waals surface area contributed by atoms with Crippen LogP contribution in [0.2, 0.25) is 36.3 Å². The first kappa shape index (κ1) is 40.0. The molecule has 0 N–H and O–H groups in total. The zero-order valence-electron chi connectivity index (χ0n) is 31.3. The lowest BCUT2D eigenvalue weighted by atomic mass is 9.81. The highest BCUT2D eigenvalue weighted by molar-refractivity contribution is 6.74. The predicted octanol–water partition coefficient (Wildman–Crippen LogP) is 10.1. The van der Waals surface area contributed by atoms with Gasteiger partial charge in [0, 0.05) is 30.6 Å². The minimum atomic E-state index is -2.10. The van der Waals surface area contributed by atoms with Crippen LogP contribution in [-0.4, -0.2) is 47.7 Å². The lowest BCUT2D eigenvalue weighted by Crippen LogP contribution is -2.45. The fourth-order valence-electron chi connectivity index (χ4n) is 6.20. The summed E-state index contributed by atoms with van der Waals surface area (Å²) in [4.78, 5) is 25.8. The maximum Gasteiger partial charge on any atom is 0.308 e. The Morgan fingerprint density at radius 3 is 2.27 bits per heavy atom. The Balaban J connectivity index is 2.39. The van der Waals surface area contributed by atoms with Gasteiger partial charge in [-0.25, -0.2) is 0 Å². The molecular weight excluding hydrogens is 593 g/mol. The van der Waals surface area contributed by atoms with Gasteiger partial charge in [0.25, 0.3) is 0 Å². The summed E-state index contributed by atoms with van der Waals surface area (Å²) in [6.45, 7) is 27.5. The second kappa shape index (κ2) is 16.8. The molecule has 0 saturated heterocycles. The number of unbranched alkanes of at least 4 members (excludes halogenated alkanes) is 1. The van der Waals surface area contributed by atoms with Crippen LogP contribution in [0.25, 0.3) is 0 Å². The summed E-state index contributed by atoms with van der Waals surface area (Å²) in [7, 11) is -2.64. The average Bonchev–Trinajstić information content (AvgIpc) is 3.21. The number of rotatable bonds is 13. The lowest BCUT2D eigenvalue weighted by molar-refractivity contribution is -0.146. The van der Waals surface area contributed by atoms with Gasteiger partial charge in [-0.1, -0.05) is 99.1 Å². The number of ether oxygens (including phenoxy) is 1. The number of hydrogen-bond donors (Lipinski definition) is 0. The molecule has 0 aromatic carbocycles. The van der Waals surface area contributed by atoms with Crippen molar-refractivity contribution in [2.45, 2.75) is 168 Å². The SMILES string of the molecule is CCCC[C@H](C)C[C@@H](/C=C/[C@H]1[C@H](O[Si](C)(C)C(C)(C)C)CC(=O)[C@@H]1CC#CC1CCCC(C(=O)OC)C1)O[Si](C)(C)C(C)(C)C. The molecule has 2 aliphatic rings. The van der Waals surface area contributed by atoms with Crippen LogP contribution in [-0.2, 0) is 23.2 Å². The Hall–Kier alpha value is -1.21. The van der Waals surface area contributed by atoms with E-state index in [1.165, 1.54) is 26.4 Å². The normalized spacial score (nSPS) is 26.4. The first-order valence-electron chi connectivity index (χ1n) is 17.8. The van der Waals surface area contributed by atoms with E-state index in [1.54, 1.807) is 0 Å². The molecule has 0 radical (unpaired) electrons. The van der Waals surface area contributed by atoms with Crippen LogP contribution in [0.5, 0.6) is 0 Å². The molecule has 2 rings (SSSR count). The maximum absolute atomic E-state index is 13.6. The number of methoxy groups -OCH3 is 1. The maximum atomic E-state index is 13.6.